The minimum Gasteiger partial charge on any atom is -0.394 e. The van der Waals surface area contributed by atoms with Gasteiger partial charge in [-0.15, -0.1) is 0 Å². The van der Waals surface area contributed by atoms with Gasteiger partial charge in [0, 0.05) is 0 Å². The first-order valence-corrected chi connectivity index (χ1v) is 8.63. The van der Waals surface area contributed by atoms with Crippen LogP contribution in [0.5, 0.6) is 0 Å². The number of aliphatic hydroxyl groups is 3. The Bertz CT molecular complexity index is 1080. The molecule has 0 aliphatic carbocycles. The number of aliphatic hydroxyl groups excluding tert-OH is 3. The molecule has 1 fully saturated rings. The molecule has 1 unspecified atom stereocenters. The number of hydrogen-bond acceptors (Lipinski definition) is 8. The summed E-state index contributed by atoms with van der Waals surface area (Å²) in [4.78, 5) is 23.1. The first kappa shape index (κ1) is 18.3. The Morgan fingerprint density at radius 2 is 1.93 bits per heavy atom. The Balaban J connectivity index is 1.87. The number of anilines is 1. The molecule has 0 radical (unpaired) electrons. The lowest BCUT2D eigenvalue weighted by Crippen LogP contribution is -2.33. The summed E-state index contributed by atoms with van der Waals surface area (Å²) >= 11 is 0. The number of H-pyrrole nitrogens is 1. The maximum absolute atomic E-state index is 12.3. The van der Waals surface area contributed by atoms with Crippen LogP contribution in [0.25, 0.3) is 23.3 Å². The van der Waals surface area contributed by atoms with Crippen molar-refractivity contribution in [3.05, 3.63) is 52.1 Å². The van der Waals surface area contributed by atoms with Gasteiger partial charge in [0.15, 0.2) is 17.4 Å². The molecule has 4 atom stereocenters. The van der Waals surface area contributed by atoms with Crippen LogP contribution >= 0.6 is 0 Å². The monoisotopic (exact) mass is 385 g/mol. The van der Waals surface area contributed by atoms with Crippen molar-refractivity contribution in [1.82, 2.24) is 19.5 Å². The van der Waals surface area contributed by atoms with Gasteiger partial charge in [0.2, 0.25) is 5.95 Å². The highest BCUT2D eigenvalue weighted by atomic mass is 16.6. The molecule has 1 aliphatic rings. The number of hydrogen-bond donors (Lipinski definition) is 5. The first-order valence-electron chi connectivity index (χ1n) is 8.63. The zero-order chi connectivity index (χ0) is 19.8. The van der Waals surface area contributed by atoms with E-state index in [0.29, 0.717) is 0 Å². The topological polar surface area (TPSA) is 160 Å². The molecule has 0 bridgehead atoms. The molecule has 28 heavy (non-hydrogen) atoms. The van der Waals surface area contributed by atoms with E-state index >= 15 is 0 Å². The molecule has 1 saturated heterocycles. The minimum absolute atomic E-state index is 0.0136. The number of rotatable bonds is 4. The number of nitrogen functional groups attached to an aromatic ring is 1. The van der Waals surface area contributed by atoms with Gasteiger partial charge >= 0.3 is 0 Å². The molecule has 0 spiro atoms. The Labute approximate surface area is 158 Å². The van der Waals surface area contributed by atoms with Crippen molar-refractivity contribution in [2.45, 2.75) is 24.5 Å². The SMILES string of the molecule is Nc1nc2c(nc(/C=C/c3ccccc3)n2[C@@H]2O[C@H](CO)C(O)[C@@H]2O)c(=O)[nH]1. The standard InChI is InChI=1S/C18H19N5O5/c19-18-21-15-12(16(27)22-18)20-11(7-6-9-4-2-1-3-5-9)23(15)17-14(26)13(25)10(8-24)28-17/h1-7,10,13-14,17,24-26H,8H2,(H3,19,21,22,27)/b7-6+/t10-,13?,14+,17-/m1/s1. The van der Waals surface area contributed by atoms with Crippen LogP contribution in [0.15, 0.2) is 35.1 Å². The molecule has 1 aliphatic heterocycles. The van der Waals surface area contributed by atoms with Gasteiger partial charge in [-0.3, -0.25) is 14.3 Å². The van der Waals surface area contributed by atoms with Gasteiger partial charge in [-0.2, -0.15) is 4.98 Å². The second-order valence-electron chi connectivity index (χ2n) is 6.44. The lowest BCUT2D eigenvalue weighted by atomic mass is 10.1. The van der Waals surface area contributed by atoms with E-state index in [4.69, 9.17) is 10.5 Å². The van der Waals surface area contributed by atoms with Crippen molar-refractivity contribution in [3.8, 4) is 0 Å². The van der Waals surface area contributed by atoms with Crippen molar-refractivity contribution in [2.75, 3.05) is 12.3 Å². The first-order chi connectivity index (χ1) is 13.5. The third-order valence-corrected chi connectivity index (χ3v) is 4.59. The summed E-state index contributed by atoms with van der Waals surface area (Å²) in [5.41, 5.74) is 6.13. The molecule has 0 saturated carbocycles. The summed E-state index contributed by atoms with van der Waals surface area (Å²) in [6.07, 6.45) is -1.35. The number of nitrogens with zero attached hydrogens (tertiary/aromatic N) is 3. The third kappa shape index (κ3) is 3.08. The van der Waals surface area contributed by atoms with Gasteiger partial charge in [0.25, 0.3) is 5.56 Å². The minimum atomic E-state index is -1.36. The van der Waals surface area contributed by atoms with Crippen LogP contribution < -0.4 is 11.3 Å². The third-order valence-electron chi connectivity index (χ3n) is 4.59. The molecule has 3 heterocycles. The van der Waals surface area contributed by atoms with Gasteiger partial charge < -0.3 is 25.8 Å². The Hall–Kier alpha value is -3.05. The number of nitrogens with two attached hydrogens (primary N) is 1. The van der Waals surface area contributed by atoms with Crippen molar-refractivity contribution >= 4 is 29.3 Å². The summed E-state index contributed by atoms with van der Waals surface area (Å²) < 4.78 is 7.00. The smallest absolute Gasteiger partial charge is 0.280 e. The van der Waals surface area contributed by atoms with Crippen LogP contribution in [0.3, 0.4) is 0 Å². The lowest BCUT2D eigenvalue weighted by Gasteiger charge is -2.18. The number of benzene rings is 1. The number of imidazole rings is 1. The van der Waals surface area contributed by atoms with Crippen molar-refractivity contribution in [1.29, 1.82) is 0 Å². The van der Waals surface area contributed by atoms with Crippen molar-refractivity contribution < 1.29 is 20.1 Å². The number of fused-ring (bicyclic) bond motifs is 1. The van der Waals surface area contributed by atoms with Crippen LogP contribution in [-0.4, -0.2) is 59.8 Å². The fraction of sp³-hybridized carbons (Fsp3) is 0.278. The van der Waals surface area contributed by atoms with E-state index in [1.54, 1.807) is 12.2 Å². The number of aromatic nitrogens is 4. The van der Waals surface area contributed by atoms with Gasteiger partial charge in [-0.1, -0.05) is 36.4 Å². The molecule has 10 nitrogen and oxygen atoms in total. The van der Waals surface area contributed by atoms with E-state index < -0.39 is 36.7 Å². The summed E-state index contributed by atoms with van der Waals surface area (Å²) in [5.74, 6) is 0.154. The maximum Gasteiger partial charge on any atom is 0.280 e. The molecule has 6 N–H and O–H groups in total. The van der Waals surface area contributed by atoms with Crippen LogP contribution in [-0.2, 0) is 4.74 Å². The highest BCUT2D eigenvalue weighted by molar-refractivity contribution is 5.77. The van der Waals surface area contributed by atoms with Crippen LogP contribution in [0.4, 0.5) is 5.95 Å². The fourth-order valence-electron chi connectivity index (χ4n) is 3.21. The number of aromatic amines is 1. The Morgan fingerprint density at radius 3 is 2.61 bits per heavy atom. The van der Waals surface area contributed by atoms with Gasteiger partial charge in [0.05, 0.1) is 6.61 Å². The zero-order valence-electron chi connectivity index (χ0n) is 14.6. The molecular weight excluding hydrogens is 366 g/mol. The molecule has 0 amide bonds. The summed E-state index contributed by atoms with van der Waals surface area (Å²) in [7, 11) is 0. The average molecular weight is 385 g/mol. The second kappa shape index (κ2) is 7.17. The van der Waals surface area contributed by atoms with Gasteiger partial charge in [-0.05, 0) is 11.6 Å². The highest BCUT2D eigenvalue weighted by Gasteiger charge is 2.44. The zero-order valence-corrected chi connectivity index (χ0v) is 14.6. The lowest BCUT2D eigenvalue weighted by molar-refractivity contribution is -0.0513. The van der Waals surface area contributed by atoms with Crippen molar-refractivity contribution in [3.63, 3.8) is 0 Å². The predicted octanol–water partition coefficient (Wildman–Crippen LogP) is -0.516. The van der Waals surface area contributed by atoms with E-state index in [1.165, 1.54) is 4.57 Å². The molecule has 10 heteroatoms. The predicted molar refractivity (Wildman–Crippen MR) is 101 cm³/mol. The number of nitrogens with one attached hydrogen (secondary N) is 1. The van der Waals surface area contributed by atoms with Crippen LogP contribution in [0.2, 0.25) is 0 Å². The van der Waals surface area contributed by atoms with Gasteiger partial charge in [-0.25, -0.2) is 4.98 Å². The average Bonchev–Trinajstić information content (AvgIpc) is 3.18. The highest BCUT2D eigenvalue weighted by Crippen LogP contribution is 2.32. The molecule has 146 valence electrons. The van der Waals surface area contributed by atoms with E-state index in [9.17, 15) is 20.1 Å². The largest absolute Gasteiger partial charge is 0.394 e. The van der Waals surface area contributed by atoms with E-state index in [2.05, 4.69) is 15.0 Å². The Morgan fingerprint density at radius 1 is 1.18 bits per heavy atom. The summed E-state index contributed by atoms with van der Waals surface area (Å²) in [5, 5.41) is 29.9. The summed E-state index contributed by atoms with van der Waals surface area (Å²) in [6.45, 7) is -0.479. The number of ether oxygens (including phenoxy) is 1. The Kier molecular flexibility index (Phi) is 4.69. The second-order valence-corrected chi connectivity index (χ2v) is 6.44. The summed E-state index contributed by atoms with van der Waals surface area (Å²) in [6, 6.07) is 9.42. The van der Waals surface area contributed by atoms with Crippen LogP contribution in [0.1, 0.15) is 17.6 Å². The molecular formula is C18H19N5O5. The van der Waals surface area contributed by atoms with E-state index in [-0.39, 0.29) is 22.9 Å². The van der Waals surface area contributed by atoms with Gasteiger partial charge in [0.1, 0.15) is 24.1 Å². The molecule has 2 aromatic heterocycles. The van der Waals surface area contributed by atoms with Crippen LogP contribution in [0, 0.1) is 0 Å². The van der Waals surface area contributed by atoms with E-state index in [1.807, 2.05) is 30.3 Å². The molecule has 4 rings (SSSR count). The quantitative estimate of drug-likeness (QED) is 0.401. The molecule has 1 aromatic carbocycles. The molecule has 3 aromatic rings. The normalized spacial score (nSPS) is 25.1. The maximum atomic E-state index is 12.3. The fourth-order valence-corrected chi connectivity index (χ4v) is 3.21. The van der Waals surface area contributed by atoms with E-state index in [0.717, 1.165) is 5.56 Å². The van der Waals surface area contributed by atoms with Crippen molar-refractivity contribution in [2.24, 2.45) is 0 Å².